The van der Waals surface area contributed by atoms with E-state index in [1.165, 1.54) is 12.1 Å². The maximum atomic E-state index is 11.1. The van der Waals surface area contributed by atoms with Gasteiger partial charge in [0, 0.05) is 16.7 Å². The van der Waals surface area contributed by atoms with Gasteiger partial charge in [-0.2, -0.15) is 5.26 Å². The van der Waals surface area contributed by atoms with E-state index in [4.69, 9.17) is 20.7 Å². The molecule has 0 radical (unpaired) electrons. The van der Waals surface area contributed by atoms with Crippen LogP contribution in [0.1, 0.15) is 5.56 Å². The molecule has 1 heterocycles. The normalized spacial score (nSPS) is 10.8. The van der Waals surface area contributed by atoms with Gasteiger partial charge < -0.3 is 4.74 Å². The van der Waals surface area contributed by atoms with Crippen molar-refractivity contribution in [3.63, 3.8) is 0 Å². The highest BCUT2D eigenvalue weighted by molar-refractivity contribution is 8.13. The van der Waals surface area contributed by atoms with Crippen LogP contribution >= 0.6 is 10.7 Å². The van der Waals surface area contributed by atoms with Crippen LogP contribution in [-0.4, -0.2) is 13.4 Å². The number of pyridine rings is 1. The predicted molar refractivity (Wildman–Crippen MR) is 73.1 cm³/mol. The fraction of sp³-hybridized carbons (Fsp3) is 0.0769. The van der Waals surface area contributed by atoms with Gasteiger partial charge in [0.15, 0.2) is 0 Å². The Morgan fingerprint density at radius 3 is 2.40 bits per heavy atom. The molecule has 1 aromatic heterocycles. The molecule has 20 heavy (non-hydrogen) atoms. The van der Waals surface area contributed by atoms with E-state index in [1.807, 2.05) is 0 Å². The highest BCUT2D eigenvalue weighted by Gasteiger charge is 2.10. The van der Waals surface area contributed by atoms with E-state index in [0.717, 1.165) is 11.8 Å². The Kier molecular flexibility index (Phi) is 4.23. The van der Waals surface area contributed by atoms with Gasteiger partial charge in [0.1, 0.15) is 10.6 Å². The van der Waals surface area contributed by atoms with Crippen molar-refractivity contribution in [2.24, 2.45) is 0 Å². The molecule has 7 heteroatoms. The lowest BCUT2D eigenvalue weighted by Crippen LogP contribution is -1.93. The van der Waals surface area contributed by atoms with Gasteiger partial charge in [0.05, 0.1) is 18.7 Å². The van der Waals surface area contributed by atoms with Gasteiger partial charge in [-0.05, 0) is 23.8 Å². The lowest BCUT2D eigenvalue weighted by atomic mass is 10.2. The summed E-state index contributed by atoms with van der Waals surface area (Å²) in [6.07, 6.45) is 1.46. The minimum atomic E-state index is -3.78. The summed E-state index contributed by atoms with van der Waals surface area (Å²) in [7, 11) is 1.40. The Morgan fingerprint density at radius 2 is 1.90 bits per heavy atom. The predicted octanol–water partition coefficient (Wildman–Crippen LogP) is 2.87. The van der Waals surface area contributed by atoms with Crippen LogP contribution in [0.25, 0.3) is 0 Å². The van der Waals surface area contributed by atoms with Crippen LogP contribution in [0, 0.1) is 11.3 Å². The number of halogens is 1. The van der Waals surface area contributed by atoms with E-state index < -0.39 is 9.05 Å². The third kappa shape index (κ3) is 3.70. The van der Waals surface area contributed by atoms with Crippen molar-refractivity contribution in [1.29, 1.82) is 5.26 Å². The molecule has 0 aliphatic rings. The molecule has 0 amide bonds. The van der Waals surface area contributed by atoms with Gasteiger partial charge in [0.2, 0.25) is 5.88 Å². The summed E-state index contributed by atoms with van der Waals surface area (Å²) in [5.74, 6) is 0.794. The van der Waals surface area contributed by atoms with Gasteiger partial charge in [-0.15, -0.1) is 0 Å². The largest absolute Gasteiger partial charge is 0.439 e. The average molecular weight is 309 g/mol. The smallest absolute Gasteiger partial charge is 0.262 e. The first kappa shape index (κ1) is 14.3. The molecule has 102 valence electrons. The average Bonchev–Trinajstić information content (AvgIpc) is 2.41. The molecule has 0 aliphatic heterocycles. The third-order valence-electron chi connectivity index (χ3n) is 2.42. The molecule has 5 nitrogen and oxygen atoms in total. The maximum absolute atomic E-state index is 11.1. The van der Waals surface area contributed by atoms with Gasteiger partial charge in [-0.1, -0.05) is 12.1 Å². The van der Waals surface area contributed by atoms with Crippen LogP contribution in [0.5, 0.6) is 11.6 Å². The van der Waals surface area contributed by atoms with Crippen LogP contribution in [0.2, 0.25) is 0 Å². The number of rotatable bonds is 4. The molecule has 0 saturated carbocycles. The SMILES string of the molecule is N#CCc1ccc(Oc2ccc(S(=O)(=O)Cl)cn2)cc1. The Labute approximate surface area is 120 Å². The molecule has 0 atom stereocenters. The van der Waals surface area contributed by atoms with Crippen molar-refractivity contribution < 1.29 is 13.2 Å². The van der Waals surface area contributed by atoms with E-state index in [1.54, 1.807) is 24.3 Å². The van der Waals surface area contributed by atoms with Gasteiger partial charge >= 0.3 is 0 Å². The third-order valence-corrected chi connectivity index (χ3v) is 3.76. The summed E-state index contributed by atoms with van der Waals surface area (Å²) in [4.78, 5) is 3.77. The van der Waals surface area contributed by atoms with Crippen molar-refractivity contribution in [3.8, 4) is 17.7 Å². The maximum Gasteiger partial charge on any atom is 0.262 e. The fourth-order valence-corrected chi connectivity index (χ4v) is 2.14. The Bertz CT molecular complexity index is 735. The number of hydrogen-bond acceptors (Lipinski definition) is 5. The van der Waals surface area contributed by atoms with Crippen LogP contribution in [-0.2, 0) is 15.5 Å². The fourth-order valence-electron chi connectivity index (χ4n) is 1.46. The highest BCUT2D eigenvalue weighted by Crippen LogP contribution is 2.22. The van der Waals surface area contributed by atoms with Crippen LogP contribution in [0.3, 0.4) is 0 Å². The first-order valence-electron chi connectivity index (χ1n) is 5.53. The first-order chi connectivity index (χ1) is 9.49. The molecular weight excluding hydrogens is 300 g/mol. The van der Waals surface area contributed by atoms with E-state index in [0.29, 0.717) is 12.2 Å². The Hall–Kier alpha value is -2.10. The van der Waals surface area contributed by atoms with Crippen molar-refractivity contribution in [1.82, 2.24) is 4.98 Å². The van der Waals surface area contributed by atoms with Crippen LogP contribution in [0.4, 0.5) is 0 Å². The summed E-state index contributed by atoms with van der Waals surface area (Å²) in [6.45, 7) is 0. The Morgan fingerprint density at radius 1 is 1.20 bits per heavy atom. The monoisotopic (exact) mass is 308 g/mol. The second-order valence-electron chi connectivity index (χ2n) is 3.85. The van der Waals surface area contributed by atoms with Crippen molar-refractivity contribution >= 4 is 19.7 Å². The van der Waals surface area contributed by atoms with Gasteiger partial charge in [-0.25, -0.2) is 13.4 Å². The summed E-state index contributed by atoms with van der Waals surface area (Å²) in [6, 6.07) is 11.7. The second kappa shape index (κ2) is 5.90. The number of ether oxygens (including phenoxy) is 1. The number of nitrogens with zero attached hydrogens (tertiary/aromatic N) is 2. The number of benzene rings is 1. The summed E-state index contributed by atoms with van der Waals surface area (Å²) in [5.41, 5.74) is 0.886. The second-order valence-corrected chi connectivity index (χ2v) is 6.42. The minimum Gasteiger partial charge on any atom is -0.439 e. The summed E-state index contributed by atoms with van der Waals surface area (Å²) < 4.78 is 27.6. The molecule has 0 aliphatic carbocycles. The zero-order valence-corrected chi connectivity index (χ0v) is 11.7. The van der Waals surface area contributed by atoms with Gasteiger partial charge in [-0.3, -0.25) is 0 Å². The molecule has 0 spiro atoms. The van der Waals surface area contributed by atoms with Crippen molar-refractivity contribution in [3.05, 3.63) is 48.2 Å². The van der Waals surface area contributed by atoms with Crippen molar-refractivity contribution in [2.45, 2.75) is 11.3 Å². The lowest BCUT2D eigenvalue weighted by molar-refractivity contribution is 0.462. The number of nitriles is 1. The van der Waals surface area contributed by atoms with E-state index in [-0.39, 0.29) is 10.8 Å². The molecular formula is C13H9ClN2O3S. The standard InChI is InChI=1S/C13H9ClN2O3S/c14-20(17,18)12-5-6-13(16-9-12)19-11-3-1-10(2-4-11)7-8-15/h1-6,9H,7H2. The van der Waals surface area contributed by atoms with E-state index in [2.05, 4.69) is 11.1 Å². The van der Waals surface area contributed by atoms with E-state index >= 15 is 0 Å². The highest BCUT2D eigenvalue weighted by atomic mass is 35.7. The first-order valence-corrected chi connectivity index (χ1v) is 7.84. The molecule has 0 saturated heterocycles. The zero-order valence-electron chi connectivity index (χ0n) is 10.2. The molecule has 2 rings (SSSR count). The quantitative estimate of drug-likeness (QED) is 0.811. The van der Waals surface area contributed by atoms with Crippen LogP contribution in [0.15, 0.2) is 47.5 Å². The molecule has 0 bridgehead atoms. The number of hydrogen-bond donors (Lipinski definition) is 0. The van der Waals surface area contributed by atoms with E-state index in [9.17, 15) is 8.42 Å². The van der Waals surface area contributed by atoms with Gasteiger partial charge in [0.25, 0.3) is 9.05 Å². The zero-order chi connectivity index (χ0) is 14.6. The molecule has 2 aromatic rings. The Balaban J connectivity index is 2.12. The minimum absolute atomic E-state index is 0.0871. The molecule has 1 aromatic carbocycles. The molecule has 0 fully saturated rings. The number of aromatic nitrogens is 1. The molecule has 0 N–H and O–H groups in total. The summed E-state index contributed by atoms with van der Waals surface area (Å²) in [5, 5.41) is 8.56. The van der Waals surface area contributed by atoms with Crippen molar-refractivity contribution in [2.75, 3.05) is 0 Å². The molecule has 0 unspecified atom stereocenters. The summed E-state index contributed by atoms with van der Waals surface area (Å²) >= 11 is 0. The lowest BCUT2D eigenvalue weighted by Gasteiger charge is -2.05. The topological polar surface area (TPSA) is 80.0 Å². The van der Waals surface area contributed by atoms with Crippen LogP contribution < -0.4 is 4.74 Å².